The molecule has 5 nitrogen and oxygen atoms in total. The average Bonchev–Trinajstić information content (AvgIpc) is 2.69. The van der Waals surface area contributed by atoms with Crippen molar-refractivity contribution in [2.75, 3.05) is 6.61 Å². The van der Waals surface area contributed by atoms with Gasteiger partial charge in [-0.25, -0.2) is 0 Å². The van der Waals surface area contributed by atoms with Gasteiger partial charge in [0.1, 0.15) is 0 Å². The molecule has 1 aliphatic heterocycles. The van der Waals surface area contributed by atoms with E-state index in [2.05, 4.69) is 20.7 Å². The highest BCUT2D eigenvalue weighted by Crippen LogP contribution is 2.31. The van der Waals surface area contributed by atoms with Gasteiger partial charge in [0.2, 0.25) is 5.66 Å². The summed E-state index contributed by atoms with van der Waals surface area (Å²) in [7, 11) is 0. The van der Waals surface area contributed by atoms with Crippen molar-refractivity contribution < 1.29 is 5.11 Å². The molecule has 0 saturated carbocycles. The van der Waals surface area contributed by atoms with Gasteiger partial charge in [-0.15, -0.1) is 10.2 Å². The van der Waals surface area contributed by atoms with Crippen LogP contribution in [-0.4, -0.2) is 11.7 Å². The lowest BCUT2D eigenvalue weighted by Gasteiger charge is -2.16. The topological polar surface area (TPSA) is 69.7 Å². The Hall–Kier alpha value is -1.62. The predicted octanol–water partition coefficient (Wildman–Crippen LogP) is 1.66. The highest BCUT2D eigenvalue weighted by Gasteiger charge is 2.34. The van der Waals surface area contributed by atoms with Crippen molar-refractivity contribution in [1.29, 1.82) is 0 Å². The van der Waals surface area contributed by atoms with Gasteiger partial charge >= 0.3 is 0 Å². The normalized spacial score (nSPS) is 17.9. The van der Waals surface area contributed by atoms with Crippen molar-refractivity contribution >= 4 is 0 Å². The monoisotopic (exact) mass is 176 g/mol. The zero-order valence-electron chi connectivity index (χ0n) is 6.83. The molecule has 0 saturated heterocycles. The molecule has 0 spiro atoms. The van der Waals surface area contributed by atoms with Gasteiger partial charge in [0.25, 0.3) is 0 Å². The molecule has 66 valence electrons. The molecule has 0 radical (unpaired) electrons. The molecule has 1 aromatic rings. The smallest absolute Gasteiger partial charge is 0.242 e. The van der Waals surface area contributed by atoms with Crippen LogP contribution in [0.4, 0.5) is 0 Å². The third-order valence-electron chi connectivity index (χ3n) is 1.92. The molecule has 0 aromatic heterocycles. The summed E-state index contributed by atoms with van der Waals surface area (Å²) in [5.41, 5.74) is -0.205. The number of rotatable bonds is 2. The van der Waals surface area contributed by atoms with Crippen LogP contribution in [0.5, 0.6) is 0 Å². The number of nitrogens with zero attached hydrogens (tertiary/aromatic N) is 4. The van der Waals surface area contributed by atoms with Gasteiger partial charge in [-0.3, -0.25) is 0 Å². The van der Waals surface area contributed by atoms with E-state index >= 15 is 0 Å². The van der Waals surface area contributed by atoms with Crippen molar-refractivity contribution in [2.45, 2.75) is 5.66 Å². The van der Waals surface area contributed by atoms with Crippen LogP contribution in [0, 0.1) is 0 Å². The molecule has 0 bridgehead atoms. The van der Waals surface area contributed by atoms with Gasteiger partial charge in [-0.05, 0) is 10.4 Å². The Labute approximate surface area is 74.8 Å². The van der Waals surface area contributed by atoms with E-state index in [-0.39, 0.29) is 6.61 Å². The number of aliphatic hydroxyl groups excluding tert-OH is 1. The largest absolute Gasteiger partial charge is 0.391 e. The van der Waals surface area contributed by atoms with Crippen molar-refractivity contribution in [3.05, 3.63) is 35.9 Å². The summed E-state index contributed by atoms with van der Waals surface area (Å²) in [4.78, 5) is 0. The Bertz CT molecular complexity index is 334. The summed E-state index contributed by atoms with van der Waals surface area (Å²) in [6, 6.07) is 9.27. The lowest BCUT2D eigenvalue weighted by molar-refractivity contribution is 0.202. The molecule has 0 unspecified atom stereocenters. The first kappa shape index (κ1) is 8.00. The average molecular weight is 176 g/mol. The molecule has 0 amide bonds. The zero-order chi connectivity index (χ0) is 9.15. The van der Waals surface area contributed by atoms with Gasteiger partial charge < -0.3 is 5.11 Å². The van der Waals surface area contributed by atoms with Crippen LogP contribution in [0.2, 0.25) is 0 Å². The second-order valence-electron chi connectivity index (χ2n) is 2.72. The Morgan fingerprint density at radius 1 is 1.08 bits per heavy atom. The third kappa shape index (κ3) is 1.23. The molecule has 13 heavy (non-hydrogen) atoms. The summed E-state index contributed by atoms with van der Waals surface area (Å²) < 4.78 is 0. The second kappa shape index (κ2) is 3.02. The SMILES string of the molecule is OCC1(c2ccccc2)N=NN=N1. The summed E-state index contributed by atoms with van der Waals surface area (Å²) in [6.07, 6.45) is 0. The van der Waals surface area contributed by atoms with E-state index in [1.54, 1.807) is 0 Å². The van der Waals surface area contributed by atoms with E-state index in [0.29, 0.717) is 0 Å². The van der Waals surface area contributed by atoms with E-state index in [1.807, 2.05) is 30.3 Å². The van der Waals surface area contributed by atoms with Crippen LogP contribution in [-0.2, 0) is 5.66 Å². The maximum absolute atomic E-state index is 9.16. The molecule has 0 aliphatic carbocycles. The van der Waals surface area contributed by atoms with Crippen LogP contribution in [0.3, 0.4) is 0 Å². The Morgan fingerprint density at radius 2 is 1.69 bits per heavy atom. The molecule has 2 rings (SSSR count). The van der Waals surface area contributed by atoms with E-state index in [0.717, 1.165) is 5.56 Å². The number of hydrogen-bond donors (Lipinski definition) is 1. The molecular formula is C8H8N4O. The van der Waals surface area contributed by atoms with Crippen LogP contribution in [0.1, 0.15) is 5.56 Å². The third-order valence-corrected chi connectivity index (χ3v) is 1.92. The highest BCUT2D eigenvalue weighted by atomic mass is 16.3. The first-order chi connectivity index (χ1) is 6.37. The van der Waals surface area contributed by atoms with E-state index in [9.17, 15) is 0 Å². The fourth-order valence-electron chi connectivity index (χ4n) is 1.18. The van der Waals surface area contributed by atoms with Crippen LogP contribution in [0.25, 0.3) is 0 Å². The summed E-state index contributed by atoms with van der Waals surface area (Å²) in [5, 5.41) is 23.6. The molecule has 0 atom stereocenters. The lowest BCUT2D eigenvalue weighted by atomic mass is 10.0. The first-order valence-electron chi connectivity index (χ1n) is 3.88. The highest BCUT2D eigenvalue weighted by molar-refractivity contribution is 5.24. The quantitative estimate of drug-likeness (QED) is 0.731. The first-order valence-corrected chi connectivity index (χ1v) is 3.88. The lowest BCUT2D eigenvalue weighted by Crippen LogP contribution is -2.23. The van der Waals surface area contributed by atoms with Gasteiger partial charge in [0.05, 0.1) is 6.61 Å². The van der Waals surface area contributed by atoms with Gasteiger partial charge in [-0.1, -0.05) is 30.3 Å². The van der Waals surface area contributed by atoms with Crippen molar-refractivity contribution in [3.8, 4) is 0 Å². The van der Waals surface area contributed by atoms with Crippen LogP contribution in [0.15, 0.2) is 51.0 Å². The second-order valence-corrected chi connectivity index (χ2v) is 2.72. The van der Waals surface area contributed by atoms with Crippen molar-refractivity contribution in [2.24, 2.45) is 20.7 Å². The maximum Gasteiger partial charge on any atom is 0.242 e. The number of aliphatic hydroxyl groups is 1. The molecule has 1 N–H and O–H groups in total. The number of hydrogen-bond acceptors (Lipinski definition) is 5. The Balaban J connectivity index is 2.44. The van der Waals surface area contributed by atoms with Gasteiger partial charge in [0, 0.05) is 5.56 Å². The Kier molecular flexibility index (Phi) is 1.86. The van der Waals surface area contributed by atoms with E-state index in [4.69, 9.17) is 5.11 Å². The van der Waals surface area contributed by atoms with Crippen molar-refractivity contribution in [1.82, 2.24) is 0 Å². The molecule has 1 heterocycles. The molecule has 1 aliphatic rings. The van der Waals surface area contributed by atoms with Crippen molar-refractivity contribution in [3.63, 3.8) is 0 Å². The molecule has 0 fully saturated rings. The minimum absolute atomic E-state index is 0.218. The Morgan fingerprint density at radius 3 is 2.23 bits per heavy atom. The predicted molar refractivity (Wildman–Crippen MR) is 44.9 cm³/mol. The molecular weight excluding hydrogens is 168 g/mol. The molecule has 1 aromatic carbocycles. The van der Waals surface area contributed by atoms with Crippen LogP contribution >= 0.6 is 0 Å². The van der Waals surface area contributed by atoms with E-state index in [1.165, 1.54) is 0 Å². The van der Waals surface area contributed by atoms with Gasteiger partial charge in [-0.2, -0.15) is 0 Å². The fraction of sp³-hybridized carbons (Fsp3) is 0.250. The van der Waals surface area contributed by atoms with E-state index < -0.39 is 5.66 Å². The van der Waals surface area contributed by atoms with Crippen LogP contribution < -0.4 is 0 Å². The summed E-state index contributed by atoms with van der Waals surface area (Å²) >= 11 is 0. The minimum atomic E-state index is -0.999. The standard InChI is InChI=1S/C8H8N4O/c13-6-8(9-11-12-10-8)7-4-2-1-3-5-7/h1-5,13H,6H2. The molecule has 5 heteroatoms. The zero-order valence-corrected chi connectivity index (χ0v) is 6.83. The summed E-state index contributed by atoms with van der Waals surface area (Å²) in [5.74, 6) is 0. The minimum Gasteiger partial charge on any atom is -0.391 e. The maximum atomic E-state index is 9.16. The summed E-state index contributed by atoms with van der Waals surface area (Å²) in [6.45, 7) is -0.218. The van der Waals surface area contributed by atoms with Gasteiger partial charge in [0.15, 0.2) is 0 Å². The number of benzene rings is 1. The fourth-order valence-corrected chi connectivity index (χ4v) is 1.18.